The number of carbonyl (C=O) groups is 1. The van der Waals surface area contributed by atoms with Gasteiger partial charge in [0, 0.05) is 28.2 Å². The van der Waals surface area contributed by atoms with Gasteiger partial charge in [0.2, 0.25) is 11.2 Å². The Hall–Kier alpha value is -4.18. The molecule has 1 aliphatic carbocycles. The van der Waals surface area contributed by atoms with E-state index in [0.29, 0.717) is 18.4 Å². The highest BCUT2D eigenvalue weighted by atomic mass is 32.1. The molecule has 2 aromatic carbocycles. The lowest BCUT2D eigenvalue weighted by Crippen LogP contribution is -2.65. The molecule has 1 spiro atoms. The third-order valence-corrected chi connectivity index (χ3v) is 10.1. The van der Waals surface area contributed by atoms with Crippen LogP contribution in [0, 0.1) is 18.6 Å². The SMILES string of the molecule is Cc1ccsc1C1c2ccc(F)c(F)c2OCCCC2(CCC2)N2CN1n1ccc(=O)c(OCc3ccccc3)c1C2=O. The van der Waals surface area contributed by atoms with Gasteiger partial charge in [-0.3, -0.25) is 19.3 Å². The molecule has 1 amide bonds. The van der Waals surface area contributed by atoms with Gasteiger partial charge in [-0.05, 0) is 73.7 Å². The Morgan fingerprint density at radius 3 is 2.53 bits per heavy atom. The van der Waals surface area contributed by atoms with Gasteiger partial charge in [0.25, 0.3) is 5.91 Å². The molecule has 0 saturated heterocycles. The van der Waals surface area contributed by atoms with Crippen LogP contribution in [0.15, 0.2) is 71.0 Å². The highest BCUT2D eigenvalue weighted by Crippen LogP contribution is 2.47. The number of amides is 1. The van der Waals surface area contributed by atoms with Gasteiger partial charge in [0.05, 0.1) is 6.61 Å². The minimum atomic E-state index is -1.04. The number of carbonyl (C=O) groups excluding carboxylic acids is 1. The summed E-state index contributed by atoms with van der Waals surface area (Å²) in [6, 6.07) is 14.9. The van der Waals surface area contributed by atoms with Crippen LogP contribution in [0.2, 0.25) is 0 Å². The van der Waals surface area contributed by atoms with Crippen molar-refractivity contribution < 1.29 is 23.0 Å². The largest absolute Gasteiger partial charge is 0.490 e. The van der Waals surface area contributed by atoms with Crippen molar-refractivity contribution in [3.8, 4) is 11.5 Å². The molecule has 1 fully saturated rings. The standard InChI is InChI=1S/C33H31F2N3O4S/c1-21-12-18-43-31(21)27-23-9-10-24(34)26(35)29(23)41-17-6-15-33(13-5-14-33)36-20-38(27)37-16-11-25(39)30(28(37)32(36)40)42-19-22-7-3-2-4-8-22/h2-4,7-12,16,18,27H,5-6,13-15,17,19-20H2,1H3. The van der Waals surface area contributed by atoms with E-state index in [2.05, 4.69) is 0 Å². The Morgan fingerprint density at radius 2 is 1.81 bits per heavy atom. The topological polar surface area (TPSA) is 64.0 Å². The van der Waals surface area contributed by atoms with Gasteiger partial charge < -0.3 is 14.4 Å². The molecule has 1 atom stereocenters. The monoisotopic (exact) mass is 603 g/mol. The van der Waals surface area contributed by atoms with Crippen molar-refractivity contribution in [1.29, 1.82) is 0 Å². The maximum Gasteiger partial charge on any atom is 0.278 e. The zero-order valence-corrected chi connectivity index (χ0v) is 24.5. The lowest BCUT2D eigenvalue weighted by Gasteiger charge is -2.55. The quantitative estimate of drug-likeness (QED) is 0.274. The molecule has 10 heteroatoms. The number of benzene rings is 2. The van der Waals surface area contributed by atoms with Gasteiger partial charge in [-0.2, -0.15) is 4.39 Å². The summed E-state index contributed by atoms with van der Waals surface area (Å²) >= 11 is 1.49. The highest BCUT2D eigenvalue weighted by molar-refractivity contribution is 7.10. The van der Waals surface area contributed by atoms with E-state index in [1.54, 1.807) is 16.9 Å². The number of rotatable bonds is 4. The van der Waals surface area contributed by atoms with E-state index in [1.165, 1.54) is 17.4 Å². The van der Waals surface area contributed by atoms with Crippen LogP contribution in [-0.2, 0) is 6.61 Å². The van der Waals surface area contributed by atoms with Crippen LogP contribution in [0.4, 0.5) is 8.78 Å². The summed E-state index contributed by atoms with van der Waals surface area (Å²) in [6.07, 6.45) is 5.35. The zero-order valence-electron chi connectivity index (χ0n) is 23.7. The summed E-state index contributed by atoms with van der Waals surface area (Å²) in [4.78, 5) is 30.6. The maximum absolute atomic E-state index is 15.5. The van der Waals surface area contributed by atoms with Crippen molar-refractivity contribution in [2.24, 2.45) is 0 Å². The number of hydrogen-bond acceptors (Lipinski definition) is 6. The molecule has 2 aromatic heterocycles. The summed E-state index contributed by atoms with van der Waals surface area (Å²) < 4.78 is 44.0. The smallest absolute Gasteiger partial charge is 0.278 e. The molecule has 7 nitrogen and oxygen atoms in total. The summed E-state index contributed by atoms with van der Waals surface area (Å²) in [6.45, 7) is 2.45. The predicted molar refractivity (Wildman–Crippen MR) is 159 cm³/mol. The summed E-state index contributed by atoms with van der Waals surface area (Å²) in [5.74, 6) is -2.45. The fraction of sp³-hybridized carbons (Fsp3) is 0.333. The molecule has 4 aromatic rings. The van der Waals surface area contributed by atoms with E-state index in [9.17, 15) is 14.0 Å². The van der Waals surface area contributed by atoms with Crippen LogP contribution >= 0.6 is 11.3 Å². The Kier molecular flexibility index (Phi) is 6.96. The first-order valence-electron chi connectivity index (χ1n) is 14.5. The minimum absolute atomic E-state index is 0.0289. The first-order valence-corrected chi connectivity index (χ1v) is 15.4. The van der Waals surface area contributed by atoms with Crippen LogP contribution in [0.5, 0.6) is 11.5 Å². The van der Waals surface area contributed by atoms with E-state index >= 15 is 4.39 Å². The first-order chi connectivity index (χ1) is 20.9. The summed E-state index contributed by atoms with van der Waals surface area (Å²) in [5.41, 5.74) is 1.56. The number of pyridine rings is 1. The number of aryl methyl sites for hydroxylation is 1. The predicted octanol–water partition coefficient (Wildman–Crippen LogP) is 6.31. The number of aromatic nitrogens is 1. The average molecular weight is 604 g/mol. The highest BCUT2D eigenvalue weighted by Gasteiger charge is 2.50. The van der Waals surface area contributed by atoms with Crippen LogP contribution in [0.1, 0.15) is 70.2 Å². The van der Waals surface area contributed by atoms with Gasteiger partial charge in [-0.25, -0.2) is 4.39 Å². The van der Waals surface area contributed by atoms with Crippen molar-refractivity contribution in [1.82, 2.24) is 9.58 Å². The van der Waals surface area contributed by atoms with E-state index in [0.717, 1.165) is 41.3 Å². The lowest BCUT2D eigenvalue weighted by atomic mass is 9.72. The first kappa shape index (κ1) is 27.6. The number of halogens is 2. The fourth-order valence-electron chi connectivity index (χ4n) is 6.59. The third kappa shape index (κ3) is 4.59. The second-order valence-electron chi connectivity index (χ2n) is 11.5. The lowest BCUT2D eigenvalue weighted by molar-refractivity contribution is -0.00221. The van der Waals surface area contributed by atoms with Crippen molar-refractivity contribution in [3.05, 3.63) is 115 Å². The average Bonchev–Trinajstić information content (AvgIpc) is 3.40. The van der Waals surface area contributed by atoms with Crippen molar-refractivity contribution >= 4 is 17.2 Å². The molecule has 43 heavy (non-hydrogen) atoms. The number of thiophene rings is 1. The van der Waals surface area contributed by atoms with Crippen molar-refractivity contribution in [2.45, 2.75) is 57.2 Å². The fourth-order valence-corrected chi connectivity index (χ4v) is 7.64. The molecule has 1 saturated carbocycles. The van der Waals surface area contributed by atoms with E-state index in [-0.39, 0.29) is 43.0 Å². The normalized spacial score (nSPS) is 19.1. The summed E-state index contributed by atoms with van der Waals surface area (Å²) in [7, 11) is 0. The van der Waals surface area contributed by atoms with Crippen molar-refractivity contribution in [2.75, 3.05) is 18.3 Å². The van der Waals surface area contributed by atoms with Gasteiger partial charge in [-0.1, -0.05) is 30.3 Å². The third-order valence-electron chi connectivity index (χ3n) is 8.98. The number of ether oxygens (including phenoxy) is 2. The van der Waals surface area contributed by atoms with Crippen LogP contribution in [0.3, 0.4) is 0 Å². The molecule has 222 valence electrons. The second-order valence-corrected chi connectivity index (χ2v) is 12.4. The molecular weight excluding hydrogens is 572 g/mol. The van der Waals surface area contributed by atoms with Gasteiger partial charge in [0.15, 0.2) is 23.0 Å². The Morgan fingerprint density at radius 1 is 1.02 bits per heavy atom. The molecule has 1 unspecified atom stereocenters. The van der Waals surface area contributed by atoms with E-state index in [4.69, 9.17) is 9.47 Å². The Balaban J connectivity index is 1.46. The maximum atomic E-state index is 15.5. The van der Waals surface area contributed by atoms with Gasteiger partial charge in [-0.15, -0.1) is 11.3 Å². The number of fused-ring (bicyclic) bond motifs is 6. The van der Waals surface area contributed by atoms with E-state index < -0.39 is 28.6 Å². The molecule has 0 N–H and O–H groups in total. The van der Waals surface area contributed by atoms with Crippen LogP contribution < -0.4 is 19.9 Å². The molecule has 2 bridgehead atoms. The van der Waals surface area contributed by atoms with Gasteiger partial charge >= 0.3 is 0 Å². The van der Waals surface area contributed by atoms with Crippen LogP contribution in [-0.4, -0.2) is 34.3 Å². The molecular formula is C33H31F2N3O4S. The molecule has 7 rings (SSSR count). The van der Waals surface area contributed by atoms with Crippen LogP contribution in [0.25, 0.3) is 0 Å². The Bertz CT molecular complexity index is 1750. The Labute approximate surface area is 251 Å². The minimum Gasteiger partial charge on any atom is -0.490 e. The zero-order chi connectivity index (χ0) is 29.7. The molecule has 3 aliphatic rings. The second kappa shape index (κ2) is 10.8. The number of nitrogens with zero attached hydrogens (tertiary/aromatic N) is 3. The molecule has 2 aliphatic heterocycles. The van der Waals surface area contributed by atoms with E-state index in [1.807, 2.05) is 58.6 Å². The molecule has 4 heterocycles. The number of hydrogen-bond donors (Lipinski definition) is 0. The van der Waals surface area contributed by atoms with Crippen molar-refractivity contribution in [3.63, 3.8) is 0 Å². The summed E-state index contributed by atoms with van der Waals surface area (Å²) in [5, 5.41) is 3.91. The molecule has 0 radical (unpaired) electrons. The van der Waals surface area contributed by atoms with Gasteiger partial charge in [0.1, 0.15) is 19.3 Å².